The molecule has 1 aliphatic heterocycles. The lowest BCUT2D eigenvalue weighted by Gasteiger charge is -2.36. The van der Waals surface area contributed by atoms with E-state index in [1.165, 1.54) is 41.3 Å². The van der Waals surface area contributed by atoms with Crippen LogP contribution in [0.5, 0.6) is 0 Å². The van der Waals surface area contributed by atoms with Gasteiger partial charge < -0.3 is 5.11 Å². The number of carbonyl (C=O) groups is 1. The van der Waals surface area contributed by atoms with E-state index in [4.69, 9.17) is 0 Å². The first-order chi connectivity index (χ1) is 11.3. The summed E-state index contributed by atoms with van der Waals surface area (Å²) in [4.78, 5) is 13.0. The first kappa shape index (κ1) is 16.4. The van der Waals surface area contributed by atoms with Crippen LogP contribution in [0.4, 0.5) is 9.18 Å². The smallest absolute Gasteiger partial charge is 0.408 e. The summed E-state index contributed by atoms with van der Waals surface area (Å²) >= 11 is 0. The molecule has 0 aromatic heterocycles. The van der Waals surface area contributed by atoms with Crippen molar-refractivity contribution in [3.05, 3.63) is 65.0 Å². The summed E-state index contributed by atoms with van der Waals surface area (Å²) in [6, 6.07) is 9.71. The topological polar surface area (TPSA) is 74.7 Å². The molecule has 1 aliphatic rings. The largest absolute Gasteiger partial charge is 0.465 e. The van der Waals surface area contributed by atoms with Gasteiger partial charge in [0, 0.05) is 12.8 Å². The lowest BCUT2D eigenvalue weighted by Crippen LogP contribution is -2.39. The van der Waals surface area contributed by atoms with E-state index >= 15 is 0 Å². The quantitative estimate of drug-likeness (QED) is 0.905. The van der Waals surface area contributed by atoms with Crippen molar-refractivity contribution in [2.24, 2.45) is 0 Å². The van der Waals surface area contributed by atoms with Crippen LogP contribution in [0.15, 0.2) is 47.4 Å². The molecule has 24 heavy (non-hydrogen) atoms. The van der Waals surface area contributed by atoms with Crippen LogP contribution in [-0.2, 0) is 16.3 Å². The van der Waals surface area contributed by atoms with Crippen molar-refractivity contribution in [3.63, 3.8) is 0 Å². The maximum atomic E-state index is 13.2. The van der Waals surface area contributed by atoms with Crippen LogP contribution in [-0.4, -0.2) is 37.3 Å². The maximum Gasteiger partial charge on any atom is 0.408 e. The summed E-state index contributed by atoms with van der Waals surface area (Å²) in [5.41, 5.74) is 2.12. The minimum absolute atomic E-state index is 0.139. The molecule has 0 saturated carbocycles. The lowest BCUT2D eigenvalue weighted by molar-refractivity contribution is 0.129. The summed E-state index contributed by atoms with van der Waals surface area (Å²) < 4.78 is 36.9. The monoisotopic (exact) mass is 349 g/mol. The number of hydrogen-bond donors (Lipinski definition) is 1. The van der Waals surface area contributed by atoms with Crippen molar-refractivity contribution < 1.29 is 22.7 Å². The fraction of sp³-hybridized carbons (Fsp3) is 0.235. The van der Waals surface area contributed by atoms with Crippen LogP contribution in [0.3, 0.4) is 0 Å². The van der Waals surface area contributed by atoms with E-state index < -0.39 is 27.8 Å². The molecule has 126 valence electrons. The molecule has 7 heteroatoms. The predicted molar refractivity (Wildman–Crippen MR) is 86.2 cm³/mol. The summed E-state index contributed by atoms with van der Waals surface area (Å²) in [5.74, 6) is -0.415. The third kappa shape index (κ3) is 2.99. The average molecular weight is 349 g/mol. The van der Waals surface area contributed by atoms with Gasteiger partial charge in [-0.05, 0) is 47.4 Å². The van der Waals surface area contributed by atoms with Crippen molar-refractivity contribution in [1.82, 2.24) is 4.90 Å². The number of halogens is 1. The number of nitrogens with zero attached hydrogens (tertiary/aromatic N) is 1. The van der Waals surface area contributed by atoms with Gasteiger partial charge in [0.2, 0.25) is 0 Å². The number of fused-ring (bicyclic) bond motifs is 1. The predicted octanol–water partition coefficient (Wildman–Crippen LogP) is 2.85. The number of carboxylic acid groups (broad SMARTS) is 1. The minimum atomic E-state index is -3.41. The van der Waals surface area contributed by atoms with Crippen LogP contribution < -0.4 is 0 Å². The Kier molecular flexibility index (Phi) is 4.04. The number of hydrogen-bond acceptors (Lipinski definition) is 3. The van der Waals surface area contributed by atoms with E-state index in [1.54, 1.807) is 6.07 Å². The Hall–Kier alpha value is -2.41. The zero-order valence-corrected chi connectivity index (χ0v) is 13.8. The van der Waals surface area contributed by atoms with E-state index in [2.05, 4.69) is 0 Å². The van der Waals surface area contributed by atoms with Gasteiger partial charge in [-0.15, -0.1) is 0 Å². The highest BCUT2D eigenvalue weighted by molar-refractivity contribution is 7.90. The molecule has 0 unspecified atom stereocenters. The van der Waals surface area contributed by atoms with Crippen LogP contribution in [0.2, 0.25) is 0 Å². The molecule has 1 heterocycles. The second-order valence-corrected chi connectivity index (χ2v) is 7.83. The van der Waals surface area contributed by atoms with Crippen molar-refractivity contribution in [1.29, 1.82) is 0 Å². The molecule has 1 amide bonds. The molecule has 0 spiro atoms. The summed E-state index contributed by atoms with van der Waals surface area (Å²) in [5, 5.41) is 9.51. The molecule has 2 aromatic rings. The van der Waals surface area contributed by atoms with E-state index in [-0.39, 0.29) is 4.90 Å². The van der Waals surface area contributed by atoms with Gasteiger partial charge in [0.1, 0.15) is 5.82 Å². The minimum Gasteiger partial charge on any atom is -0.465 e. The average Bonchev–Trinajstić information content (AvgIpc) is 2.53. The van der Waals surface area contributed by atoms with Gasteiger partial charge in [0.15, 0.2) is 9.84 Å². The highest BCUT2D eigenvalue weighted by atomic mass is 32.2. The highest BCUT2D eigenvalue weighted by Crippen LogP contribution is 2.36. The Labute approximate surface area is 139 Å². The second kappa shape index (κ2) is 5.90. The van der Waals surface area contributed by atoms with E-state index in [0.29, 0.717) is 24.1 Å². The van der Waals surface area contributed by atoms with Crippen LogP contribution in [0, 0.1) is 5.82 Å². The molecule has 3 rings (SSSR count). The van der Waals surface area contributed by atoms with Crippen LogP contribution in [0.25, 0.3) is 0 Å². The zero-order chi connectivity index (χ0) is 17.5. The third-order valence-electron chi connectivity index (χ3n) is 4.21. The standard InChI is InChI=1S/C17H16FNO4S/c1-24(22,23)14-7-4-11-8-9-19(17(20)21)16(15(11)10-14)12-2-5-13(18)6-3-12/h2-7,10,16H,8-9H2,1H3,(H,20,21)/t16-/m1/s1. The van der Waals surface area contributed by atoms with Gasteiger partial charge in [-0.25, -0.2) is 17.6 Å². The van der Waals surface area contributed by atoms with Gasteiger partial charge in [-0.3, -0.25) is 4.90 Å². The van der Waals surface area contributed by atoms with E-state index in [9.17, 15) is 22.7 Å². The van der Waals surface area contributed by atoms with E-state index in [1.807, 2.05) is 0 Å². The summed E-state index contributed by atoms with van der Waals surface area (Å²) in [6.45, 7) is 0.294. The normalized spacial score (nSPS) is 17.4. The molecule has 0 fully saturated rings. The number of sulfone groups is 1. The van der Waals surface area contributed by atoms with Crippen molar-refractivity contribution in [3.8, 4) is 0 Å². The maximum absolute atomic E-state index is 13.2. The van der Waals surface area contributed by atoms with Gasteiger partial charge in [-0.1, -0.05) is 18.2 Å². The molecule has 5 nitrogen and oxygen atoms in total. The first-order valence-electron chi connectivity index (χ1n) is 7.35. The zero-order valence-electron chi connectivity index (χ0n) is 12.9. The van der Waals surface area contributed by atoms with Crippen LogP contribution >= 0.6 is 0 Å². The van der Waals surface area contributed by atoms with Gasteiger partial charge in [-0.2, -0.15) is 0 Å². The molecular formula is C17H16FNO4S. The molecule has 1 atom stereocenters. The van der Waals surface area contributed by atoms with Crippen molar-refractivity contribution in [2.45, 2.75) is 17.4 Å². The fourth-order valence-corrected chi connectivity index (χ4v) is 3.69. The molecular weight excluding hydrogens is 333 g/mol. The Morgan fingerprint density at radius 2 is 1.88 bits per heavy atom. The number of rotatable bonds is 2. The lowest BCUT2D eigenvalue weighted by atomic mass is 9.88. The highest BCUT2D eigenvalue weighted by Gasteiger charge is 2.32. The Bertz CT molecular complexity index is 893. The fourth-order valence-electron chi connectivity index (χ4n) is 3.03. The second-order valence-electron chi connectivity index (χ2n) is 5.81. The number of benzene rings is 2. The van der Waals surface area contributed by atoms with Gasteiger partial charge in [0.05, 0.1) is 10.9 Å². The molecule has 0 aliphatic carbocycles. The van der Waals surface area contributed by atoms with Gasteiger partial charge >= 0.3 is 6.09 Å². The van der Waals surface area contributed by atoms with Crippen LogP contribution in [0.1, 0.15) is 22.7 Å². The molecule has 0 saturated heterocycles. The van der Waals surface area contributed by atoms with E-state index in [0.717, 1.165) is 11.8 Å². The molecule has 0 bridgehead atoms. The Balaban J connectivity index is 2.19. The third-order valence-corrected chi connectivity index (χ3v) is 5.32. The summed E-state index contributed by atoms with van der Waals surface area (Å²) in [6.07, 6.45) is 0.516. The molecule has 1 N–H and O–H groups in total. The van der Waals surface area contributed by atoms with Crippen molar-refractivity contribution >= 4 is 15.9 Å². The van der Waals surface area contributed by atoms with Crippen molar-refractivity contribution in [2.75, 3.05) is 12.8 Å². The first-order valence-corrected chi connectivity index (χ1v) is 9.24. The van der Waals surface area contributed by atoms with Gasteiger partial charge in [0.25, 0.3) is 0 Å². The molecule has 2 aromatic carbocycles. The SMILES string of the molecule is CS(=O)(=O)c1ccc2c(c1)[C@@H](c1ccc(F)cc1)N(C(=O)O)CC2. The molecule has 0 radical (unpaired) electrons. The summed E-state index contributed by atoms with van der Waals surface area (Å²) in [7, 11) is -3.41. The Morgan fingerprint density at radius 3 is 2.46 bits per heavy atom. The number of amides is 1. The Morgan fingerprint density at radius 1 is 1.21 bits per heavy atom.